The second kappa shape index (κ2) is 7.17. The number of likely N-dealkylation sites (tertiary alicyclic amines) is 1. The van der Waals surface area contributed by atoms with Crippen LogP contribution in [0.15, 0.2) is 0 Å². The van der Waals surface area contributed by atoms with Crippen molar-refractivity contribution in [1.29, 1.82) is 0 Å². The zero-order valence-electron chi connectivity index (χ0n) is 10.3. The summed E-state index contributed by atoms with van der Waals surface area (Å²) in [5.41, 5.74) is 0. The fourth-order valence-electron chi connectivity index (χ4n) is 1.82. The van der Waals surface area contributed by atoms with E-state index in [0.29, 0.717) is 0 Å². The summed E-state index contributed by atoms with van der Waals surface area (Å²) in [6.45, 7) is 5.60. The van der Waals surface area contributed by atoms with Crippen molar-refractivity contribution in [2.75, 3.05) is 18.8 Å². The van der Waals surface area contributed by atoms with Crippen LogP contribution in [0, 0.1) is 0 Å². The van der Waals surface area contributed by atoms with Gasteiger partial charge < -0.3 is 10.0 Å². The van der Waals surface area contributed by atoms with E-state index < -0.39 is 0 Å². The van der Waals surface area contributed by atoms with Crippen LogP contribution >= 0.6 is 11.8 Å². The second-order valence-electron chi connectivity index (χ2n) is 4.42. The average Bonchev–Trinajstić information content (AvgIpc) is 2.29. The summed E-state index contributed by atoms with van der Waals surface area (Å²) >= 11 is 1.75. The first kappa shape index (κ1) is 13.8. The van der Waals surface area contributed by atoms with Crippen molar-refractivity contribution < 1.29 is 9.90 Å². The SMILES string of the molecule is CCCCS[C@H](C)C(=O)N1CCC(O)CC1. The van der Waals surface area contributed by atoms with Crippen LogP contribution in [-0.2, 0) is 4.79 Å². The molecule has 1 aliphatic heterocycles. The number of thioether (sulfide) groups is 1. The van der Waals surface area contributed by atoms with Crippen molar-refractivity contribution in [2.24, 2.45) is 0 Å². The number of aliphatic hydroxyl groups is 1. The smallest absolute Gasteiger partial charge is 0.235 e. The monoisotopic (exact) mass is 245 g/mol. The number of hydrogen-bond donors (Lipinski definition) is 1. The topological polar surface area (TPSA) is 40.5 Å². The molecule has 0 aromatic rings. The Morgan fingerprint density at radius 1 is 1.50 bits per heavy atom. The van der Waals surface area contributed by atoms with E-state index in [1.54, 1.807) is 11.8 Å². The van der Waals surface area contributed by atoms with E-state index >= 15 is 0 Å². The Morgan fingerprint density at radius 2 is 2.12 bits per heavy atom. The number of unbranched alkanes of at least 4 members (excludes halogenated alkanes) is 1. The molecule has 0 aromatic heterocycles. The summed E-state index contributed by atoms with van der Waals surface area (Å²) in [6.07, 6.45) is 3.63. The third kappa shape index (κ3) is 4.34. The van der Waals surface area contributed by atoms with Crippen LogP contribution in [0.25, 0.3) is 0 Å². The number of carbonyl (C=O) groups excluding carboxylic acids is 1. The van der Waals surface area contributed by atoms with Gasteiger partial charge in [-0.15, -0.1) is 11.8 Å². The fraction of sp³-hybridized carbons (Fsp3) is 0.917. The standard InChI is InChI=1S/C12H23NO2S/c1-3-4-9-16-10(2)12(15)13-7-5-11(14)6-8-13/h10-11,14H,3-9H2,1-2H3/t10-/m1/s1. The van der Waals surface area contributed by atoms with E-state index in [1.807, 2.05) is 11.8 Å². The molecule has 4 heteroatoms. The van der Waals surface area contributed by atoms with Crippen molar-refractivity contribution in [3.8, 4) is 0 Å². The number of amides is 1. The Balaban J connectivity index is 2.27. The van der Waals surface area contributed by atoms with Crippen molar-refractivity contribution in [1.82, 2.24) is 4.90 Å². The van der Waals surface area contributed by atoms with Gasteiger partial charge >= 0.3 is 0 Å². The van der Waals surface area contributed by atoms with Crippen LogP contribution in [0.3, 0.4) is 0 Å². The molecule has 0 aromatic carbocycles. The maximum atomic E-state index is 12.0. The van der Waals surface area contributed by atoms with Crippen LogP contribution in [0.4, 0.5) is 0 Å². The number of hydrogen-bond acceptors (Lipinski definition) is 3. The van der Waals surface area contributed by atoms with Gasteiger partial charge in [-0.25, -0.2) is 0 Å². The molecule has 94 valence electrons. The van der Waals surface area contributed by atoms with Gasteiger partial charge in [-0.3, -0.25) is 4.79 Å². The molecule has 1 amide bonds. The van der Waals surface area contributed by atoms with Gasteiger partial charge in [0.1, 0.15) is 0 Å². The third-order valence-corrected chi connectivity index (χ3v) is 4.22. The molecule has 1 saturated heterocycles. The molecule has 1 aliphatic rings. The molecule has 1 heterocycles. The molecule has 0 aliphatic carbocycles. The number of nitrogens with zero attached hydrogens (tertiary/aromatic N) is 1. The Labute approximate surface area is 103 Å². The highest BCUT2D eigenvalue weighted by Crippen LogP contribution is 2.18. The molecule has 16 heavy (non-hydrogen) atoms. The minimum atomic E-state index is -0.202. The molecule has 3 nitrogen and oxygen atoms in total. The van der Waals surface area contributed by atoms with E-state index in [4.69, 9.17) is 0 Å². The van der Waals surface area contributed by atoms with Gasteiger partial charge in [-0.05, 0) is 31.9 Å². The minimum absolute atomic E-state index is 0.0711. The van der Waals surface area contributed by atoms with Crippen molar-refractivity contribution in [3.05, 3.63) is 0 Å². The van der Waals surface area contributed by atoms with Crippen molar-refractivity contribution in [2.45, 2.75) is 50.9 Å². The molecular formula is C12H23NO2S. The van der Waals surface area contributed by atoms with Gasteiger partial charge in [0.05, 0.1) is 11.4 Å². The maximum absolute atomic E-state index is 12.0. The Morgan fingerprint density at radius 3 is 2.69 bits per heavy atom. The number of piperidine rings is 1. The van der Waals surface area contributed by atoms with Gasteiger partial charge in [-0.2, -0.15) is 0 Å². The lowest BCUT2D eigenvalue weighted by molar-refractivity contribution is -0.132. The van der Waals surface area contributed by atoms with Gasteiger partial charge in [0.15, 0.2) is 0 Å². The maximum Gasteiger partial charge on any atom is 0.235 e. The summed E-state index contributed by atoms with van der Waals surface area (Å²) in [5, 5.41) is 9.45. The van der Waals surface area contributed by atoms with E-state index in [0.717, 1.165) is 31.7 Å². The minimum Gasteiger partial charge on any atom is -0.393 e. The van der Waals surface area contributed by atoms with Crippen LogP contribution in [0.5, 0.6) is 0 Å². The van der Waals surface area contributed by atoms with Gasteiger partial charge in [0.2, 0.25) is 5.91 Å². The van der Waals surface area contributed by atoms with E-state index in [9.17, 15) is 9.90 Å². The molecule has 0 radical (unpaired) electrons. The van der Waals surface area contributed by atoms with Gasteiger partial charge in [-0.1, -0.05) is 13.3 Å². The third-order valence-electron chi connectivity index (χ3n) is 2.99. The summed E-state index contributed by atoms with van der Waals surface area (Å²) in [5.74, 6) is 1.31. The molecule has 0 spiro atoms. The number of carbonyl (C=O) groups is 1. The summed E-state index contributed by atoms with van der Waals surface area (Å²) in [4.78, 5) is 13.9. The van der Waals surface area contributed by atoms with E-state index in [2.05, 4.69) is 6.92 Å². The molecule has 1 N–H and O–H groups in total. The fourth-order valence-corrected chi connectivity index (χ4v) is 2.92. The quantitative estimate of drug-likeness (QED) is 0.752. The van der Waals surface area contributed by atoms with Crippen LogP contribution < -0.4 is 0 Å². The zero-order chi connectivity index (χ0) is 12.0. The van der Waals surface area contributed by atoms with Crippen LogP contribution in [0.1, 0.15) is 39.5 Å². The normalized spacial score (nSPS) is 19.8. The first-order valence-corrected chi connectivity index (χ1v) is 7.28. The highest BCUT2D eigenvalue weighted by Gasteiger charge is 2.24. The van der Waals surface area contributed by atoms with E-state index in [-0.39, 0.29) is 17.3 Å². The summed E-state index contributed by atoms with van der Waals surface area (Å²) < 4.78 is 0. The summed E-state index contributed by atoms with van der Waals surface area (Å²) in [7, 11) is 0. The van der Waals surface area contributed by atoms with Crippen molar-refractivity contribution in [3.63, 3.8) is 0 Å². The van der Waals surface area contributed by atoms with E-state index in [1.165, 1.54) is 12.8 Å². The largest absolute Gasteiger partial charge is 0.393 e. The molecule has 1 atom stereocenters. The zero-order valence-corrected chi connectivity index (χ0v) is 11.1. The number of rotatable bonds is 5. The Hall–Kier alpha value is -0.220. The molecule has 0 bridgehead atoms. The lowest BCUT2D eigenvalue weighted by Gasteiger charge is -2.31. The van der Waals surface area contributed by atoms with Crippen molar-refractivity contribution >= 4 is 17.7 Å². The molecule has 0 saturated carbocycles. The molecule has 1 rings (SSSR count). The van der Waals surface area contributed by atoms with Gasteiger partial charge in [0.25, 0.3) is 0 Å². The predicted octanol–water partition coefficient (Wildman–Crippen LogP) is 1.89. The summed E-state index contributed by atoms with van der Waals surface area (Å²) in [6, 6.07) is 0. The average molecular weight is 245 g/mol. The highest BCUT2D eigenvalue weighted by atomic mass is 32.2. The van der Waals surface area contributed by atoms with Crippen LogP contribution in [-0.4, -0.2) is 46.1 Å². The predicted molar refractivity (Wildman–Crippen MR) is 68.6 cm³/mol. The first-order valence-electron chi connectivity index (χ1n) is 6.23. The lowest BCUT2D eigenvalue weighted by atomic mass is 10.1. The molecule has 0 unspecified atom stereocenters. The van der Waals surface area contributed by atoms with Crippen LogP contribution in [0.2, 0.25) is 0 Å². The highest BCUT2D eigenvalue weighted by molar-refractivity contribution is 8.00. The first-order chi connectivity index (χ1) is 7.65. The molecular weight excluding hydrogens is 222 g/mol. The Bertz CT molecular complexity index is 215. The second-order valence-corrected chi connectivity index (χ2v) is 5.87. The molecule has 1 fully saturated rings. The number of aliphatic hydroxyl groups excluding tert-OH is 1. The lowest BCUT2D eigenvalue weighted by Crippen LogP contribution is -2.43. The Kier molecular flexibility index (Phi) is 6.21. The van der Waals surface area contributed by atoms with Gasteiger partial charge in [0, 0.05) is 13.1 Å².